The van der Waals surface area contributed by atoms with Gasteiger partial charge in [-0.05, 0) is 61.7 Å². The highest BCUT2D eigenvalue weighted by molar-refractivity contribution is 5.94. The van der Waals surface area contributed by atoms with Gasteiger partial charge in [0, 0.05) is 22.4 Å². The zero-order valence-electron chi connectivity index (χ0n) is 21.8. The van der Waals surface area contributed by atoms with E-state index < -0.39 is 5.97 Å². The number of hydrogen-bond acceptors (Lipinski definition) is 5. The molecule has 6 nitrogen and oxygen atoms in total. The summed E-state index contributed by atoms with van der Waals surface area (Å²) in [4.78, 5) is 25.3. The van der Waals surface area contributed by atoms with Crippen LogP contribution in [0.5, 0.6) is 0 Å². The first-order valence-corrected chi connectivity index (χ1v) is 12.5. The van der Waals surface area contributed by atoms with Crippen molar-refractivity contribution in [3.05, 3.63) is 123 Å². The molecule has 0 aliphatic carbocycles. The second-order valence-electron chi connectivity index (χ2n) is 9.57. The Hall–Kier alpha value is -5.15. The van der Waals surface area contributed by atoms with Crippen LogP contribution in [0, 0.1) is 25.2 Å². The van der Waals surface area contributed by atoms with E-state index in [1.54, 1.807) is 37.3 Å². The summed E-state index contributed by atoms with van der Waals surface area (Å²) < 4.78 is 6.46. The van der Waals surface area contributed by atoms with Crippen molar-refractivity contribution < 1.29 is 14.3 Å². The molecule has 5 aromatic rings. The number of aryl methyl sites for hydroxylation is 1. The highest BCUT2D eigenvalue weighted by atomic mass is 16.4. The molecule has 0 saturated carbocycles. The van der Waals surface area contributed by atoms with E-state index in [1.807, 2.05) is 68.4 Å². The van der Waals surface area contributed by atoms with Crippen LogP contribution in [0.2, 0.25) is 0 Å². The summed E-state index contributed by atoms with van der Waals surface area (Å²) in [6.45, 7) is 5.58. The van der Waals surface area contributed by atoms with Crippen molar-refractivity contribution in [3.63, 3.8) is 0 Å². The quantitative estimate of drug-likeness (QED) is 0.243. The number of nitrogens with zero attached hydrogens (tertiary/aromatic N) is 1. The van der Waals surface area contributed by atoms with E-state index in [0.717, 1.165) is 27.8 Å². The number of nitriles is 1. The first-order valence-electron chi connectivity index (χ1n) is 12.5. The number of carboxylic acid groups (broad SMARTS) is 1. The third-order valence-electron chi connectivity index (χ3n) is 6.89. The van der Waals surface area contributed by atoms with Gasteiger partial charge >= 0.3 is 5.97 Å². The van der Waals surface area contributed by atoms with E-state index in [2.05, 4.69) is 11.4 Å². The zero-order valence-corrected chi connectivity index (χ0v) is 21.8. The summed E-state index contributed by atoms with van der Waals surface area (Å²) in [6, 6.07) is 27.4. The first kappa shape index (κ1) is 25.5. The number of hydrogen-bond donors (Lipinski definition) is 2. The van der Waals surface area contributed by atoms with E-state index in [0.29, 0.717) is 33.5 Å². The SMILES string of the molecule is Cc1cc(C(C)Nc2ccccc2C(=O)O)c2oc(-c3ccc(-c4ccccc4C#N)cc3)c(C)c(=O)c2c1. The summed E-state index contributed by atoms with van der Waals surface area (Å²) in [5.74, 6) is -0.555. The summed E-state index contributed by atoms with van der Waals surface area (Å²) in [6.07, 6.45) is 0. The number of rotatable bonds is 6. The molecule has 1 aromatic heterocycles. The molecule has 1 atom stereocenters. The Morgan fingerprint density at radius 2 is 1.62 bits per heavy atom. The molecule has 0 saturated heterocycles. The van der Waals surface area contributed by atoms with Gasteiger partial charge in [0.25, 0.3) is 0 Å². The van der Waals surface area contributed by atoms with Gasteiger partial charge in [-0.1, -0.05) is 60.7 Å². The van der Waals surface area contributed by atoms with Crippen LogP contribution in [0.1, 0.15) is 45.6 Å². The van der Waals surface area contributed by atoms with Gasteiger partial charge in [-0.25, -0.2) is 4.79 Å². The molecule has 1 heterocycles. The molecule has 0 bridgehead atoms. The Kier molecular flexibility index (Phi) is 6.74. The van der Waals surface area contributed by atoms with Crippen LogP contribution in [0.3, 0.4) is 0 Å². The van der Waals surface area contributed by atoms with Crippen molar-refractivity contribution in [1.29, 1.82) is 5.26 Å². The topological polar surface area (TPSA) is 103 Å². The number of nitrogens with one attached hydrogen (secondary N) is 1. The molecule has 0 fully saturated rings. The molecule has 39 heavy (non-hydrogen) atoms. The smallest absolute Gasteiger partial charge is 0.337 e. The Balaban J connectivity index is 1.61. The number of aromatic carboxylic acids is 1. The number of para-hydroxylation sites is 1. The van der Waals surface area contributed by atoms with Crippen LogP contribution in [0.15, 0.2) is 94.1 Å². The molecule has 0 aliphatic rings. The Morgan fingerprint density at radius 1 is 0.949 bits per heavy atom. The van der Waals surface area contributed by atoms with Gasteiger partial charge in [-0.2, -0.15) is 5.26 Å². The molecule has 0 radical (unpaired) electrons. The number of carbonyl (C=O) groups is 1. The summed E-state index contributed by atoms with van der Waals surface area (Å²) in [5.41, 5.74) is 6.20. The largest absolute Gasteiger partial charge is 0.478 e. The van der Waals surface area contributed by atoms with Crippen LogP contribution in [-0.4, -0.2) is 11.1 Å². The molecule has 0 spiro atoms. The normalized spacial score (nSPS) is 11.6. The fraction of sp³-hybridized carbons (Fsp3) is 0.121. The molecule has 2 N–H and O–H groups in total. The van der Waals surface area contributed by atoms with Gasteiger partial charge in [-0.3, -0.25) is 4.79 Å². The molecule has 5 rings (SSSR count). The molecular formula is C33H26N2O4. The minimum atomic E-state index is -1.02. The molecule has 4 aromatic carbocycles. The van der Waals surface area contributed by atoms with Gasteiger partial charge in [0.1, 0.15) is 11.3 Å². The molecule has 1 unspecified atom stereocenters. The van der Waals surface area contributed by atoms with Crippen LogP contribution in [0.4, 0.5) is 5.69 Å². The average molecular weight is 515 g/mol. The van der Waals surface area contributed by atoms with Crippen LogP contribution < -0.4 is 10.7 Å². The minimum absolute atomic E-state index is 0.117. The highest BCUT2D eigenvalue weighted by Gasteiger charge is 2.20. The summed E-state index contributed by atoms with van der Waals surface area (Å²) in [5, 5.41) is 22.8. The van der Waals surface area contributed by atoms with Crippen molar-refractivity contribution >= 4 is 22.6 Å². The minimum Gasteiger partial charge on any atom is -0.478 e. The lowest BCUT2D eigenvalue weighted by molar-refractivity contribution is 0.0698. The van der Waals surface area contributed by atoms with Gasteiger partial charge < -0.3 is 14.8 Å². The maximum Gasteiger partial charge on any atom is 0.337 e. The number of fused-ring (bicyclic) bond motifs is 1. The third-order valence-corrected chi connectivity index (χ3v) is 6.89. The number of anilines is 1. The fourth-order valence-corrected chi connectivity index (χ4v) is 4.90. The second kappa shape index (κ2) is 10.3. The second-order valence-corrected chi connectivity index (χ2v) is 9.57. The zero-order chi connectivity index (χ0) is 27.7. The number of carboxylic acids is 1. The van der Waals surface area contributed by atoms with E-state index >= 15 is 0 Å². The van der Waals surface area contributed by atoms with Gasteiger partial charge in [0.15, 0.2) is 5.43 Å². The first-order chi connectivity index (χ1) is 18.8. The van der Waals surface area contributed by atoms with E-state index in [9.17, 15) is 20.0 Å². The predicted molar refractivity (Wildman–Crippen MR) is 153 cm³/mol. The Bertz CT molecular complexity index is 1830. The van der Waals surface area contributed by atoms with Gasteiger partial charge in [0.2, 0.25) is 0 Å². The third kappa shape index (κ3) is 4.78. The highest BCUT2D eigenvalue weighted by Crippen LogP contribution is 2.34. The van der Waals surface area contributed by atoms with E-state index in [4.69, 9.17) is 4.42 Å². The van der Waals surface area contributed by atoms with Crippen molar-refractivity contribution in [2.24, 2.45) is 0 Å². The van der Waals surface area contributed by atoms with E-state index in [-0.39, 0.29) is 17.0 Å². The molecule has 0 amide bonds. The molecule has 6 heteroatoms. The van der Waals surface area contributed by atoms with Crippen molar-refractivity contribution in [1.82, 2.24) is 0 Å². The molecule has 0 aliphatic heterocycles. The lowest BCUT2D eigenvalue weighted by Gasteiger charge is -2.20. The molecular weight excluding hydrogens is 488 g/mol. The Labute approximate surface area is 225 Å². The standard InChI is InChI=1S/C33H26N2O4/c1-19-16-27(21(3)35-29-11-7-6-10-26(29)33(37)38)32-28(17-19)30(36)20(2)31(39-32)23-14-12-22(13-15-23)25-9-5-4-8-24(25)18-34/h4-17,21,35H,1-3H3,(H,37,38). The monoisotopic (exact) mass is 514 g/mol. The van der Waals surface area contributed by atoms with Crippen LogP contribution in [-0.2, 0) is 0 Å². The Morgan fingerprint density at radius 3 is 2.33 bits per heavy atom. The summed E-state index contributed by atoms with van der Waals surface area (Å²) >= 11 is 0. The summed E-state index contributed by atoms with van der Waals surface area (Å²) in [7, 11) is 0. The average Bonchev–Trinajstić information content (AvgIpc) is 2.95. The van der Waals surface area contributed by atoms with Crippen molar-refractivity contribution in [3.8, 4) is 28.5 Å². The van der Waals surface area contributed by atoms with Crippen molar-refractivity contribution in [2.75, 3.05) is 5.32 Å². The van der Waals surface area contributed by atoms with Crippen LogP contribution >= 0.6 is 0 Å². The van der Waals surface area contributed by atoms with Gasteiger partial charge in [0.05, 0.1) is 28.6 Å². The predicted octanol–water partition coefficient (Wildman–Crippen LogP) is 7.49. The fourth-order valence-electron chi connectivity index (χ4n) is 4.90. The maximum atomic E-state index is 13.5. The van der Waals surface area contributed by atoms with E-state index in [1.165, 1.54) is 0 Å². The van der Waals surface area contributed by atoms with Crippen LogP contribution in [0.25, 0.3) is 33.4 Å². The maximum absolute atomic E-state index is 13.5. The lowest BCUT2D eigenvalue weighted by Crippen LogP contribution is -2.14. The molecule has 192 valence electrons. The lowest BCUT2D eigenvalue weighted by atomic mass is 9.96. The van der Waals surface area contributed by atoms with Gasteiger partial charge in [-0.15, -0.1) is 0 Å². The number of benzene rings is 4. The van der Waals surface area contributed by atoms with Crippen molar-refractivity contribution in [2.45, 2.75) is 26.8 Å².